The number of carbonyl (C=O) groups excluding carboxylic acids is 1. The lowest BCUT2D eigenvalue weighted by molar-refractivity contribution is 0.0697. The Morgan fingerprint density at radius 3 is 2.18 bits per heavy atom. The molecule has 2 rings (SSSR count). The third-order valence-corrected chi connectivity index (χ3v) is 4.17. The number of hydrogen-bond donors (Lipinski definition) is 3. The molecule has 1 unspecified atom stereocenters. The molecule has 6 nitrogen and oxygen atoms in total. The van der Waals surface area contributed by atoms with Crippen LogP contribution in [-0.4, -0.2) is 40.2 Å². The van der Waals surface area contributed by atoms with Gasteiger partial charge in [0.1, 0.15) is 5.82 Å². The molecular weight excluding hydrogens is 363 g/mol. The summed E-state index contributed by atoms with van der Waals surface area (Å²) in [5.74, 6) is -1.20. The predicted molar refractivity (Wildman–Crippen MR) is 103 cm³/mol. The highest BCUT2D eigenvalue weighted by atomic mass is 19.1. The summed E-state index contributed by atoms with van der Waals surface area (Å²) in [6.07, 6.45) is -0.931. The molecule has 0 saturated carbocycles. The van der Waals surface area contributed by atoms with Crippen molar-refractivity contribution in [3.63, 3.8) is 0 Å². The van der Waals surface area contributed by atoms with Crippen molar-refractivity contribution >= 4 is 12.0 Å². The van der Waals surface area contributed by atoms with E-state index in [9.17, 15) is 19.1 Å². The van der Waals surface area contributed by atoms with Crippen LogP contribution < -0.4 is 5.32 Å². The molecule has 0 aromatic heterocycles. The van der Waals surface area contributed by atoms with E-state index in [4.69, 9.17) is 5.11 Å². The summed E-state index contributed by atoms with van der Waals surface area (Å²) in [6.45, 7) is 4.69. The van der Waals surface area contributed by atoms with Crippen molar-refractivity contribution < 1.29 is 24.2 Å². The number of carboxylic acids is 1. The smallest absolute Gasteiger partial charge is 0.335 e. The first-order chi connectivity index (χ1) is 13.3. The van der Waals surface area contributed by atoms with Gasteiger partial charge < -0.3 is 20.4 Å². The zero-order valence-corrected chi connectivity index (χ0v) is 15.9. The van der Waals surface area contributed by atoms with Gasteiger partial charge in [0.15, 0.2) is 0 Å². The van der Waals surface area contributed by atoms with Gasteiger partial charge in [-0.05, 0) is 41.3 Å². The second kappa shape index (κ2) is 9.85. The van der Waals surface area contributed by atoms with Crippen molar-refractivity contribution in [1.82, 2.24) is 10.2 Å². The maximum Gasteiger partial charge on any atom is 0.335 e. The number of urea groups is 1. The molecular formula is C21H25FN2O4. The highest BCUT2D eigenvalue weighted by Gasteiger charge is 2.19. The van der Waals surface area contributed by atoms with E-state index in [2.05, 4.69) is 5.32 Å². The van der Waals surface area contributed by atoms with Gasteiger partial charge in [-0.1, -0.05) is 38.1 Å². The first-order valence-corrected chi connectivity index (χ1v) is 9.04. The van der Waals surface area contributed by atoms with Crippen LogP contribution in [-0.2, 0) is 6.54 Å². The molecule has 0 fully saturated rings. The van der Waals surface area contributed by atoms with Crippen LogP contribution in [0.3, 0.4) is 0 Å². The van der Waals surface area contributed by atoms with Gasteiger partial charge in [-0.15, -0.1) is 0 Å². The molecule has 2 aromatic carbocycles. The topological polar surface area (TPSA) is 89.9 Å². The molecule has 2 aromatic rings. The molecule has 0 aliphatic carbocycles. The van der Waals surface area contributed by atoms with Crippen LogP contribution >= 0.6 is 0 Å². The van der Waals surface area contributed by atoms with Crippen LogP contribution in [0.25, 0.3) is 0 Å². The van der Waals surface area contributed by atoms with Gasteiger partial charge in [-0.25, -0.2) is 14.0 Å². The van der Waals surface area contributed by atoms with Crippen molar-refractivity contribution in [1.29, 1.82) is 0 Å². The van der Waals surface area contributed by atoms with Crippen molar-refractivity contribution in [2.24, 2.45) is 5.92 Å². The van der Waals surface area contributed by atoms with E-state index in [1.807, 2.05) is 13.8 Å². The van der Waals surface area contributed by atoms with Crippen LogP contribution in [0.1, 0.15) is 41.4 Å². The molecule has 0 aliphatic rings. The summed E-state index contributed by atoms with van der Waals surface area (Å²) in [4.78, 5) is 25.0. The summed E-state index contributed by atoms with van der Waals surface area (Å²) in [5.41, 5.74) is 1.48. The number of aromatic carboxylic acids is 1. The zero-order chi connectivity index (χ0) is 20.7. The summed E-state index contributed by atoms with van der Waals surface area (Å²) < 4.78 is 13.1. The van der Waals surface area contributed by atoms with E-state index in [-0.39, 0.29) is 36.4 Å². The van der Waals surface area contributed by atoms with Crippen LogP contribution in [0.5, 0.6) is 0 Å². The van der Waals surface area contributed by atoms with Gasteiger partial charge in [0.2, 0.25) is 0 Å². The fourth-order valence-corrected chi connectivity index (χ4v) is 2.73. The molecule has 1 atom stereocenters. The standard InChI is InChI=1S/C21H25FN2O4/c1-14(2)12-24(13-19(25)16-7-9-18(22)10-8-16)21(28)23-11-15-3-5-17(6-4-15)20(26)27/h3-10,14,19,25H,11-13H2,1-2H3,(H,23,28)(H,26,27). The molecule has 0 aliphatic heterocycles. The van der Waals surface area contributed by atoms with E-state index in [1.165, 1.54) is 41.3 Å². The Hall–Kier alpha value is -2.93. The molecule has 0 spiro atoms. The molecule has 28 heavy (non-hydrogen) atoms. The predicted octanol–water partition coefficient (Wildman–Crippen LogP) is 3.43. The third-order valence-electron chi connectivity index (χ3n) is 4.17. The number of nitrogens with zero attached hydrogens (tertiary/aromatic N) is 1. The monoisotopic (exact) mass is 388 g/mol. The lowest BCUT2D eigenvalue weighted by Gasteiger charge is -2.27. The number of carbonyl (C=O) groups is 2. The Labute approximate surface area is 163 Å². The Morgan fingerprint density at radius 2 is 1.64 bits per heavy atom. The Morgan fingerprint density at radius 1 is 1.04 bits per heavy atom. The molecule has 7 heteroatoms. The molecule has 0 bridgehead atoms. The molecule has 2 amide bonds. The van der Waals surface area contributed by atoms with E-state index >= 15 is 0 Å². The van der Waals surface area contributed by atoms with Crippen molar-refractivity contribution in [2.45, 2.75) is 26.5 Å². The number of aliphatic hydroxyl groups is 1. The van der Waals surface area contributed by atoms with E-state index in [1.54, 1.807) is 12.1 Å². The van der Waals surface area contributed by atoms with Crippen LogP contribution in [0.4, 0.5) is 9.18 Å². The minimum Gasteiger partial charge on any atom is -0.478 e. The minimum absolute atomic E-state index is 0.0770. The van der Waals surface area contributed by atoms with E-state index in [0.29, 0.717) is 12.1 Å². The zero-order valence-electron chi connectivity index (χ0n) is 15.9. The maximum absolute atomic E-state index is 13.1. The second-order valence-electron chi connectivity index (χ2n) is 7.03. The third kappa shape index (κ3) is 6.35. The number of aliphatic hydroxyl groups excluding tert-OH is 1. The molecule has 3 N–H and O–H groups in total. The van der Waals surface area contributed by atoms with E-state index < -0.39 is 12.1 Å². The summed E-state index contributed by atoms with van der Waals surface area (Å²) >= 11 is 0. The summed E-state index contributed by atoms with van der Waals surface area (Å²) in [6, 6.07) is 11.4. The molecule has 0 radical (unpaired) electrons. The Kier molecular flexibility index (Phi) is 7.52. The van der Waals surface area contributed by atoms with Gasteiger partial charge in [-0.2, -0.15) is 0 Å². The van der Waals surface area contributed by atoms with Crippen LogP contribution in [0.15, 0.2) is 48.5 Å². The first-order valence-electron chi connectivity index (χ1n) is 9.04. The fourth-order valence-electron chi connectivity index (χ4n) is 2.73. The van der Waals surface area contributed by atoms with Gasteiger partial charge in [0.05, 0.1) is 18.2 Å². The Balaban J connectivity index is 1.99. The minimum atomic E-state index is -1.01. The highest BCUT2D eigenvalue weighted by Crippen LogP contribution is 2.16. The number of carboxylic acid groups (broad SMARTS) is 1. The Bertz CT molecular complexity index is 791. The normalized spacial score (nSPS) is 11.9. The van der Waals surface area contributed by atoms with Gasteiger partial charge in [0.25, 0.3) is 0 Å². The maximum atomic E-state index is 13.1. The molecule has 0 saturated heterocycles. The average Bonchev–Trinajstić information content (AvgIpc) is 2.66. The number of rotatable bonds is 8. The molecule has 150 valence electrons. The fraction of sp³-hybridized carbons (Fsp3) is 0.333. The lowest BCUT2D eigenvalue weighted by Crippen LogP contribution is -2.43. The van der Waals surface area contributed by atoms with Crippen LogP contribution in [0.2, 0.25) is 0 Å². The molecule has 0 heterocycles. The second-order valence-corrected chi connectivity index (χ2v) is 7.03. The van der Waals surface area contributed by atoms with Gasteiger partial charge in [-0.3, -0.25) is 0 Å². The first kappa shape index (κ1) is 21.4. The van der Waals surface area contributed by atoms with Crippen molar-refractivity contribution in [3.8, 4) is 0 Å². The largest absolute Gasteiger partial charge is 0.478 e. The SMILES string of the molecule is CC(C)CN(CC(O)c1ccc(F)cc1)C(=O)NCc1ccc(C(=O)O)cc1. The summed E-state index contributed by atoms with van der Waals surface area (Å²) in [7, 11) is 0. The number of halogens is 1. The van der Waals surface area contributed by atoms with Crippen molar-refractivity contribution in [2.75, 3.05) is 13.1 Å². The number of amides is 2. The number of hydrogen-bond acceptors (Lipinski definition) is 3. The number of benzene rings is 2. The highest BCUT2D eigenvalue weighted by molar-refractivity contribution is 5.87. The van der Waals surface area contributed by atoms with E-state index in [0.717, 1.165) is 5.56 Å². The van der Waals surface area contributed by atoms with Gasteiger partial charge >= 0.3 is 12.0 Å². The van der Waals surface area contributed by atoms with Crippen molar-refractivity contribution in [3.05, 3.63) is 71.0 Å². The van der Waals surface area contributed by atoms with Gasteiger partial charge in [0, 0.05) is 13.1 Å². The average molecular weight is 388 g/mol. The lowest BCUT2D eigenvalue weighted by atomic mass is 10.1. The quantitative estimate of drug-likeness (QED) is 0.646. The van der Waals surface area contributed by atoms with Crippen LogP contribution in [0, 0.1) is 11.7 Å². The number of nitrogens with one attached hydrogen (secondary N) is 1. The summed E-state index contributed by atoms with van der Waals surface area (Å²) in [5, 5.41) is 22.1.